The van der Waals surface area contributed by atoms with Gasteiger partial charge in [-0.2, -0.15) is 0 Å². The zero-order valence-corrected chi connectivity index (χ0v) is 35.1. The van der Waals surface area contributed by atoms with Gasteiger partial charge in [-0.1, -0.05) is 59.0 Å². The van der Waals surface area contributed by atoms with E-state index in [0.717, 1.165) is 68.0 Å². The molecule has 0 saturated heterocycles. The number of rotatable bonds is 12. The monoisotopic (exact) mass is 762 g/mol. The van der Waals surface area contributed by atoms with Gasteiger partial charge in [0.1, 0.15) is 5.76 Å². The quantitative estimate of drug-likeness (QED) is 0.0563. The number of aliphatic hydroxyl groups excluding tert-OH is 1. The second-order valence-corrected chi connectivity index (χ2v) is 14.4. The predicted molar refractivity (Wildman–Crippen MR) is 234 cm³/mol. The summed E-state index contributed by atoms with van der Waals surface area (Å²) < 4.78 is 2.29. The average Bonchev–Trinajstić information content (AvgIpc) is 3.97. The van der Waals surface area contributed by atoms with E-state index in [0.29, 0.717) is 5.76 Å². The number of aliphatic hydroxyl groups is 1. The van der Waals surface area contributed by atoms with Gasteiger partial charge < -0.3 is 24.9 Å². The summed E-state index contributed by atoms with van der Waals surface area (Å²) in [5.74, 6) is -1.16. The second kappa shape index (κ2) is 21.6. The lowest BCUT2D eigenvalue weighted by Crippen LogP contribution is -1.93. The third-order valence-electron chi connectivity index (χ3n) is 10.3. The summed E-state index contributed by atoms with van der Waals surface area (Å²) in [5, 5.41) is 26.5. The Morgan fingerprint density at radius 1 is 0.696 bits per heavy atom. The van der Waals surface area contributed by atoms with Crippen LogP contribution in [0.1, 0.15) is 144 Å². The first kappa shape index (κ1) is 45.0. The van der Waals surface area contributed by atoms with E-state index in [9.17, 15) is 14.7 Å². The molecule has 3 aromatic heterocycles. The number of hydrogen-bond donors (Lipinski definition) is 4. The van der Waals surface area contributed by atoms with Crippen molar-refractivity contribution in [3.8, 4) is 0 Å². The molecule has 300 valence electrons. The van der Waals surface area contributed by atoms with Crippen LogP contribution >= 0.6 is 0 Å². The number of aromatic amines is 1. The van der Waals surface area contributed by atoms with Crippen molar-refractivity contribution >= 4 is 63.9 Å². The van der Waals surface area contributed by atoms with Crippen LogP contribution in [0.4, 0.5) is 0 Å². The number of aliphatic carboxylic acids is 2. The summed E-state index contributed by atoms with van der Waals surface area (Å²) in [5.41, 5.74) is 15.9. The summed E-state index contributed by atoms with van der Waals surface area (Å²) in [6.07, 6.45) is 21.3. The Morgan fingerprint density at radius 2 is 1.21 bits per heavy atom. The first-order valence-electron chi connectivity index (χ1n) is 19.9. The van der Waals surface area contributed by atoms with Gasteiger partial charge in [0.25, 0.3) is 0 Å². The van der Waals surface area contributed by atoms with Crippen LogP contribution in [0.5, 0.6) is 0 Å². The van der Waals surface area contributed by atoms with Crippen molar-refractivity contribution in [1.82, 2.24) is 19.5 Å². The summed E-state index contributed by atoms with van der Waals surface area (Å²) in [7, 11) is 2.14. The molecule has 2 aliphatic rings. The van der Waals surface area contributed by atoms with Gasteiger partial charge in [0.15, 0.2) is 0 Å². The van der Waals surface area contributed by atoms with Crippen LogP contribution in [0.15, 0.2) is 53.3 Å². The standard InChI is InChI=1S/C41H50N4O.2C3H6O2/c1-9-10-11-12-13-14-15-16-17-39(46)29(5)26(2)27(3)37-24-36-23-34-19-18-32(42-34)22-33-20-21-35(43-33)25-38-28(4)30(6)41(45(38)8)31(7)40(37)44-36;2*1-2-3(4)5/h16-25,44,46H,9-15H2,1-8H3;2*2H2,1H3,(H,4,5). The number of hydrogen-bond acceptors (Lipinski definition) is 5. The number of aromatic nitrogens is 4. The van der Waals surface area contributed by atoms with Crippen molar-refractivity contribution in [2.45, 2.75) is 120 Å². The van der Waals surface area contributed by atoms with Crippen LogP contribution in [0.25, 0.3) is 51.9 Å². The lowest BCUT2D eigenvalue weighted by Gasteiger charge is -2.10. The highest BCUT2D eigenvalue weighted by atomic mass is 16.4. The molecule has 0 unspecified atom stereocenters. The largest absolute Gasteiger partial charge is 0.508 e. The Morgan fingerprint density at radius 3 is 1.77 bits per heavy atom. The van der Waals surface area contributed by atoms with Crippen molar-refractivity contribution in [2.24, 2.45) is 7.05 Å². The minimum atomic E-state index is -0.745. The zero-order chi connectivity index (χ0) is 41.5. The highest BCUT2D eigenvalue weighted by Gasteiger charge is 2.16. The summed E-state index contributed by atoms with van der Waals surface area (Å²) in [6, 6.07) is 8.52. The van der Waals surface area contributed by atoms with Crippen LogP contribution in [-0.4, -0.2) is 46.8 Å². The minimum absolute atomic E-state index is 0.222. The van der Waals surface area contributed by atoms with Crippen LogP contribution in [-0.2, 0) is 16.6 Å². The van der Waals surface area contributed by atoms with E-state index in [-0.39, 0.29) is 12.8 Å². The molecule has 8 bridgehead atoms. The van der Waals surface area contributed by atoms with Crippen molar-refractivity contribution in [2.75, 3.05) is 0 Å². The fourth-order valence-electron chi connectivity index (χ4n) is 6.59. The molecule has 9 heteroatoms. The molecule has 0 saturated carbocycles. The molecule has 4 N–H and O–H groups in total. The molecule has 0 aromatic carbocycles. The van der Waals surface area contributed by atoms with E-state index in [1.54, 1.807) is 13.8 Å². The molecule has 0 spiro atoms. The van der Waals surface area contributed by atoms with Crippen molar-refractivity contribution in [1.29, 1.82) is 0 Å². The molecule has 9 nitrogen and oxygen atoms in total. The highest BCUT2D eigenvalue weighted by Crippen LogP contribution is 2.33. The fraction of sp³-hybridized carbons (Fsp3) is 0.404. The summed E-state index contributed by atoms with van der Waals surface area (Å²) in [6.45, 7) is 18.3. The van der Waals surface area contributed by atoms with Crippen LogP contribution < -0.4 is 0 Å². The molecule has 0 radical (unpaired) electrons. The number of carboxylic acids is 2. The molecule has 0 atom stereocenters. The lowest BCUT2D eigenvalue weighted by molar-refractivity contribution is -0.137. The van der Waals surface area contributed by atoms with E-state index >= 15 is 0 Å². The Kier molecular flexibility index (Phi) is 17.3. The van der Waals surface area contributed by atoms with Gasteiger partial charge in [0, 0.05) is 42.0 Å². The van der Waals surface area contributed by atoms with Gasteiger partial charge in [-0.3, -0.25) is 9.59 Å². The summed E-state index contributed by atoms with van der Waals surface area (Å²) in [4.78, 5) is 32.2. The molecule has 2 aliphatic heterocycles. The third kappa shape index (κ3) is 12.3. The van der Waals surface area contributed by atoms with E-state index in [1.165, 1.54) is 60.7 Å². The number of aryl methyl sites for hydroxylation is 4. The van der Waals surface area contributed by atoms with Crippen molar-refractivity contribution < 1.29 is 24.9 Å². The average molecular weight is 763 g/mol. The maximum absolute atomic E-state index is 11.1. The Hall–Kier alpha value is -5.44. The van der Waals surface area contributed by atoms with Crippen LogP contribution in [0, 0.1) is 20.8 Å². The number of carboxylic acid groups (broad SMARTS) is 2. The number of unbranched alkanes of at least 4 members (excludes halogenated alkanes) is 6. The van der Waals surface area contributed by atoms with E-state index in [4.69, 9.17) is 20.2 Å². The normalized spacial score (nSPS) is 12.8. The number of allylic oxidation sites excluding steroid dienone is 5. The molecule has 3 aromatic rings. The number of carbonyl (C=O) groups is 2. The Labute approximate surface area is 333 Å². The SMILES string of the molecule is CCC(=O)O.CCC(=O)O.CCCCCCCCC=CC(O)=C(C)C(C)=C(C)c1cc2cc3nc(cc4nc(cc5c(C)c(C)c(c(C)c1[nH]2)n5C)C=C4)C=C3. The van der Waals surface area contributed by atoms with Crippen LogP contribution in [0.3, 0.4) is 0 Å². The maximum atomic E-state index is 11.1. The third-order valence-corrected chi connectivity index (χ3v) is 10.3. The Balaban J connectivity index is 0.000000748. The number of fused-ring (bicyclic) bond motifs is 8. The highest BCUT2D eigenvalue weighted by molar-refractivity contribution is 5.91. The van der Waals surface area contributed by atoms with Gasteiger partial charge in [-0.15, -0.1) is 0 Å². The minimum Gasteiger partial charge on any atom is -0.508 e. The second-order valence-electron chi connectivity index (χ2n) is 14.4. The van der Waals surface area contributed by atoms with E-state index < -0.39 is 11.9 Å². The smallest absolute Gasteiger partial charge is 0.303 e. The fourth-order valence-corrected chi connectivity index (χ4v) is 6.59. The molecular formula is C47H62N4O5. The van der Waals surface area contributed by atoms with E-state index in [1.807, 2.05) is 37.3 Å². The molecule has 5 heterocycles. The van der Waals surface area contributed by atoms with Gasteiger partial charge in [0.05, 0.1) is 28.3 Å². The molecule has 0 aliphatic carbocycles. The first-order chi connectivity index (χ1) is 26.6. The molecule has 0 amide bonds. The molecule has 5 rings (SSSR count). The number of H-pyrrole nitrogens is 1. The van der Waals surface area contributed by atoms with Gasteiger partial charge in [-0.25, -0.2) is 9.97 Å². The predicted octanol–water partition coefficient (Wildman–Crippen LogP) is 12.5. The summed E-state index contributed by atoms with van der Waals surface area (Å²) >= 11 is 0. The van der Waals surface area contributed by atoms with Crippen molar-refractivity contribution in [3.05, 3.63) is 98.4 Å². The number of nitrogens with zero attached hydrogens (tertiary/aromatic N) is 3. The maximum Gasteiger partial charge on any atom is 0.303 e. The Bertz CT molecular complexity index is 2190. The molecule has 56 heavy (non-hydrogen) atoms. The topological polar surface area (TPSA) is 141 Å². The first-order valence-corrected chi connectivity index (χ1v) is 19.9. The van der Waals surface area contributed by atoms with Gasteiger partial charge in [0.2, 0.25) is 0 Å². The van der Waals surface area contributed by atoms with Crippen molar-refractivity contribution in [3.63, 3.8) is 0 Å². The number of nitrogens with one attached hydrogen (secondary N) is 1. The van der Waals surface area contributed by atoms with Gasteiger partial charge >= 0.3 is 11.9 Å². The zero-order valence-electron chi connectivity index (χ0n) is 35.1. The molecular weight excluding hydrogens is 701 g/mol. The molecule has 0 fully saturated rings. The van der Waals surface area contributed by atoms with Crippen LogP contribution in [0.2, 0.25) is 0 Å². The van der Waals surface area contributed by atoms with E-state index in [2.05, 4.69) is 88.5 Å². The lowest BCUT2D eigenvalue weighted by atomic mass is 9.96. The van der Waals surface area contributed by atoms with Gasteiger partial charge in [-0.05, 0) is 142 Å².